The van der Waals surface area contributed by atoms with Crippen molar-refractivity contribution in [2.24, 2.45) is 0 Å². The van der Waals surface area contributed by atoms with Gasteiger partial charge in [0.1, 0.15) is 0 Å². The molecule has 3 rings (SSSR count). The molecule has 0 radical (unpaired) electrons. The summed E-state index contributed by atoms with van der Waals surface area (Å²) in [6.07, 6.45) is -2.76. The first kappa shape index (κ1) is 16.2. The van der Waals surface area contributed by atoms with Crippen molar-refractivity contribution in [3.05, 3.63) is 71.4 Å². The zero-order valence-electron chi connectivity index (χ0n) is 12.2. The highest BCUT2D eigenvalue weighted by atomic mass is 32.1. The molecule has 0 bridgehead atoms. The van der Waals surface area contributed by atoms with Crippen molar-refractivity contribution in [2.45, 2.75) is 6.18 Å². The van der Waals surface area contributed by atoms with Crippen molar-refractivity contribution in [2.75, 3.05) is 5.32 Å². The van der Waals surface area contributed by atoms with E-state index in [4.69, 9.17) is 0 Å². The standard InChI is InChI=1S/C17H11F3N2OS/c18-17(19,20)13-5-2-6-14(8-13)22-16(23)12-4-1-3-11(7-12)15-9-21-10-24-15/h1-10H,(H,22,23). The predicted molar refractivity (Wildman–Crippen MR) is 86.9 cm³/mol. The first-order valence-corrected chi connectivity index (χ1v) is 7.79. The van der Waals surface area contributed by atoms with E-state index in [9.17, 15) is 18.0 Å². The highest BCUT2D eigenvalue weighted by Gasteiger charge is 2.30. The van der Waals surface area contributed by atoms with E-state index in [1.54, 1.807) is 29.9 Å². The molecule has 3 nitrogen and oxygen atoms in total. The summed E-state index contributed by atoms with van der Waals surface area (Å²) in [6, 6.07) is 11.4. The van der Waals surface area contributed by atoms with E-state index in [1.807, 2.05) is 6.07 Å². The highest BCUT2D eigenvalue weighted by molar-refractivity contribution is 7.13. The number of nitrogens with zero attached hydrogens (tertiary/aromatic N) is 1. The molecule has 1 heterocycles. The van der Waals surface area contributed by atoms with Crippen molar-refractivity contribution < 1.29 is 18.0 Å². The Morgan fingerprint density at radius 2 is 1.88 bits per heavy atom. The fourth-order valence-corrected chi connectivity index (χ4v) is 2.77. The number of amides is 1. The third-order valence-corrected chi connectivity index (χ3v) is 4.11. The maximum absolute atomic E-state index is 12.7. The maximum Gasteiger partial charge on any atom is 0.416 e. The summed E-state index contributed by atoms with van der Waals surface area (Å²) in [7, 11) is 0. The molecule has 1 aromatic heterocycles. The van der Waals surface area contributed by atoms with Crippen LogP contribution in [-0.4, -0.2) is 10.9 Å². The van der Waals surface area contributed by atoms with E-state index in [1.165, 1.54) is 23.5 Å². The lowest BCUT2D eigenvalue weighted by molar-refractivity contribution is -0.137. The fraction of sp³-hybridized carbons (Fsp3) is 0.0588. The molecule has 0 aliphatic heterocycles. The Morgan fingerprint density at radius 3 is 2.58 bits per heavy atom. The SMILES string of the molecule is O=C(Nc1cccc(C(F)(F)F)c1)c1cccc(-c2cncs2)c1. The van der Waals surface area contributed by atoms with Gasteiger partial charge in [-0.25, -0.2) is 0 Å². The van der Waals surface area contributed by atoms with Gasteiger partial charge in [-0.15, -0.1) is 11.3 Å². The third-order valence-electron chi connectivity index (χ3n) is 3.29. The Balaban J connectivity index is 1.82. The number of hydrogen-bond acceptors (Lipinski definition) is 3. The molecule has 122 valence electrons. The van der Waals surface area contributed by atoms with Crippen LogP contribution < -0.4 is 5.32 Å². The van der Waals surface area contributed by atoms with Gasteiger partial charge < -0.3 is 5.32 Å². The Labute approximate surface area is 139 Å². The summed E-state index contributed by atoms with van der Waals surface area (Å²) in [4.78, 5) is 17.2. The number of benzene rings is 2. The van der Waals surface area contributed by atoms with Crippen molar-refractivity contribution in [1.82, 2.24) is 4.98 Å². The smallest absolute Gasteiger partial charge is 0.322 e. The Bertz CT molecular complexity index is 860. The van der Waals surface area contributed by atoms with Crippen LogP contribution in [0.3, 0.4) is 0 Å². The predicted octanol–water partition coefficient (Wildman–Crippen LogP) is 5.08. The molecule has 7 heteroatoms. The van der Waals surface area contributed by atoms with Crippen molar-refractivity contribution in [3.8, 4) is 10.4 Å². The van der Waals surface area contributed by atoms with E-state index < -0.39 is 17.6 Å². The number of aromatic nitrogens is 1. The van der Waals surface area contributed by atoms with Gasteiger partial charge in [-0.1, -0.05) is 18.2 Å². The van der Waals surface area contributed by atoms with E-state index in [0.29, 0.717) is 5.56 Å². The molecule has 0 aliphatic rings. The van der Waals surface area contributed by atoms with Gasteiger partial charge in [-0.05, 0) is 35.9 Å². The first-order chi connectivity index (χ1) is 11.4. The maximum atomic E-state index is 12.7. The number of halogens is 3. The van der Waals surface area contributed by atoms with Gasteiger partial charge in [-0.2, -0.15) is 13.2 Å². The van der Waals surface area contributed by atoms with Crippen LogP contribution >= 0.6 is 11.3 Å². The van der Waals surface area contributed by atoms with Crippen LogP contribution in [0.1, 0.15) is 15.9 Å². The summed E-state index contributed by atoms with van der Waals surface area (Å²) in [5.41, 5.74) is 2.16. The molecule has 1 N–H and O–H groups in total. The first-order valence-electron chi connectivity index (χ1n) is 6.91. The van der Waals surface area contributed by atoms with E-state index >= 15 is 0 Å². The Hall–Kier alpha value is -2.67. The summed E-state index contributed by atoms with van der Waals surface area (Å²) in [6.45, 7) is 0. The topological polar surface area (TPSA) is 42.0 Å². The number of carbonyl (C=O) groups is 1. The molecular weight excluding hydrogens is 337 g/mol. The largest absolute Gasteiger partial charge is 0.416 e. The van der Waals surface area contributed by atoms with Crippen LogP contribution in [0, 0.1) is 0 Å². The summed E-state index contributed by atoms with van der Waals surface area (Å²) >= 11 is 1.44. The number of thiazole rings is 1. The normalized spacial score (nSPS) is 11.3. The number of alkyl halides is 3. The monoisotopic (exact) mass is 348 g/mol. The van der Waals surface area contributed by atoms with Crippen LogP contribution in [0.4, 0.5) is 18.9 Å². The minimum absolute atomic E-state index is 0.0954. The molecule has 3 aromatic rings. The molecule has 0 atom stereocenters. The van der Waals surface area contributed by atoms with Crippen LogP contribution in [0.25, 0.3) is 10.4 Å². The second-order valence-corrected chi connectivity index (χ2v) is 5.87. The quantitative estimate of drug-likeness (QED) is 0.717. The van der Waals surface area contributed by atoms with Gasteiger partial charge in [0, 0.05) is 17.4 Å². The average molecular weight is 348 g/mol. The van der Waals surface area contributed by atoms with Crippen molar-refractivity contribution in [3.63, 3.8) is 0 Å². The molecule has 0 spiro atoms. The van der Waals surface area contributed by atoms with Gasteiger partial charge in [-0.3, -0.25) is 9.78 Å². The Kier molecular flexibility index (Phi) is 4.35. The second kappa shape index (κ2) is 6.45. The molecule has 0 aliphatic carbocycles. The van der Waals surface area contributed by atoms with Crippen molar-refractivity contribution in [1.29, 1.82) is 0 Å². The summed E-state index contributed by atoms with van der Waals surface area (Å²) < 4.78 is 38.2. The Morgan fingerprint density at radius 1 is 1.08 bits per heavy atom. The lowest BCUT2D eigenvalue weighted by Gasteiger charge is -2.10. The minimum Gasteiger partial charge on any atom is -0.322 e. The lowest BCUT2D eigenvalue weighted by atomic mass is 10.1. The van der Waals surface area contributed by atoms with E-state index in [0.717, 1.165) is 22.6 Å². The molecule has 24 heavy (non-hydrogen) atoms. The number of rotatable bonds is 3. The highest BCUT2D eigenvalue weighted by Crippen LogP contribution is 2.31. The zero-order valence-corrected chi connectivity index (χ0v) is 13.0. The molecule has 0 saturated carbocycles. The van der Waals surface area contributed by atoms with Crippen LogP contribution in [0.2, 0.25) is 0 Å². The van der Waals surface area contributed by atoms with Crippen LogP contribution in [0.5, 0.6) is 0 Å². The number of carbonyl (C=O) groups excluding carboxylic acids is 1. The van der Waals surface area contributed by atoms with Crippen molar-refractivity contribution >= 4 is 22.9 Å². The molecule has 0 unspecified atom stereocenters. The van der Waals surface area contributed by atoms with Gasteiger partial charge in [0.05, 0.1) is 16.0 Å². The fourth-order valence-electron chi connectivity index (χ4n) is 2.15. The lowest BCUT2D eigenvalue weighted by Crippen LogP contribution is -2.13. The van der Waals surface area contributed by atoms with E-state index in [-0.39, 0.29) is 5.69 Å². The third kappa shape index (κ3) is 3.62. The van der Waals surface area contributed by atoms with Gasteiger partial charge in [0.25, 0.3) is 5.91 Å². The average Bonchev–Trinajstić information content (AvgIpc) is 3.09. The van der Waals surface area contributed by atoms with Gasteiger partial charge >= 0.3 is 6.18 Å². The summed E-state index contributed by atoms with van der Waals surface area (Å²) in [5, 5.41) is 2.49. The van der Waals surface area contributed by atoms with Gasteiger partial charge in [0.15, 0.2) is 0 Å². The second-order valence-electron chi connectivity index (χ2n) is 4.98. The van der Waals surface area contributed by atoms with Crippen LogP contribution in [0.15, 0.2) is 60.2 Å². The van der Waals surface area contributed by atoms with Crippen LogP contribution in [-0.2, 0) is 6.18 Å². The zero-order chi connectivity index (χ0) is 17.2. The summed E-state index contributed by atoms with van der Waals surface area (Å²) in [5.74, 6) is -0.472. The van der Waals surface area contributed by atoms with Gasteiger partial charge in [0.2, 0.25) is 0 Å². The molecule has 0 fully saturated rings. The molecule has 2 aromatic carbocycles. The minimum atomic E-state index is -4.45. The number of anilines is 1. The number of nitrogens with one attached hydrogen (secondary N) is 1. The van der Waals surface area contributed by atoms with E-state index in [2.05, 4.69) is 10.3 Å². The molecule has 0 saturated heterocycles. The molecule has 1 amide bonds. The number of hydrogen-bond donors (Lipinski definition) is 1. The molecular formula is C17H11F3N2OS.